The molecule has 0 amide bonds. The summed E-state index contributed by atoms with van der Waals surface area (Å²) in [5, 5.41) is 86.6. The normalized spacial score (nSPS) is 30.6. The van der Waals surface area contributed by atoms with Crippen molar-refractivity contribution >= 4 is 23.1 Å². The number of ether oxygens (including phenoxy) is 2. The lowest BCUT2D eigenvalue weighted by molar-refractivity contribution is -0.126. The molecule has 4 aliphatic rings. The first-order valence-electron chi connectivity index (χ1n) is 14.1. The lowest BCUT2D eigenvalue weighted by Gasteiger charge is -2.42. The van der Waals surface area contributed by atoms with E-state index >= 15 is 0 Å². The molecule has 0 bridgehead atoms. The summed E-state index contributed by atoms with van der Waals surface area (Å²) in [7, 11) is 2.27. The van der Waals surface area contributed by atoms with Crippen LogP contribution in [0.1, 0.15) is 68.1 Å². The monoisotopic (exact) mass is 638 g/mol. The van der Waals surface area contributed by atoms with Crippen LogP contribution in [0.15, 0.2) is 34.4 Å². The van der Waals surface area contributed by atoms with Crippen molar-refractivity contribution in [3.63, 3.8) is 0 Å². The number of phenolic OH excluding ortho intramolecular Hbond substituents is 2. The van der Waals surface area contributed by atoms with Gasteiger partial charge in [-0.15, -0.1) is 0 Å². The number of aromatic hydroxyl groups is 2. The molecule has 6 atom stereocenters. The molecular weight excluding hydrogens is 608 g/mol. The van der Waals surface area contributed by atoms with Gasteiger partial charge < -0.3 is 50.3 Å². The van der Waals surface area contributed by atoms with Crippen molar-refractivity contribution in [2.75, 3.05) is 14.2 Å². The van der Waals surface area contributed by atoms with Crippen LogP contribution >= 0.6 is 0 Å². The van der Waals surface area contributed by atoms with Gasteiger partial charge in [0.05, 0.1) is 37.6 Å². The van der Waals surface area contributed by atoms with Gasteiger partial charge in [-0.1, -0.05) is 0 Å². The van der Waals surface area contributed by atoms with E-state index < -0.39 is 116 Å². The summed E-state index contributed by atoms with van der Waals surface area (Å²) in [4.78, 5) is 56.3. The highest BCUT2D eigenvalue weighted by Gasteiger charge is 2.54. The van der Waals surface area contributed by atoms with E-state index in [1.54, 1.807) is 0 Å². The second-order valence-corrected chi connectivity index (χ2v) is 12.2. The highest BCUT2D eigenvalue weighted by atomic mass is 16.5. The number of aliphatic hydroxyl groups excluding tert-OH is 4. The first-order valence-corrected chi connectivity index (χ1v) is 14.1. The maximum atomic E-state index is 14.3. The fourth-order valence-corrected chi connectivity index (χ4v) is 6.84. The van der Waals surface area contributed by atoms with Crippen molar-refractivity contribution in [3.8, 4) is 34.1 Å². The highest BCUT2D eigenvalue weighted by Crippen LogP contribution is 2.54. The molecule has 4 aliphatic carbocycles. The van der Waals surface area contributed by atoms with Crippen molar-refractivity contribution in [1.82, 2.24) is 0 Å². The Kier molecular flexibility index (Phi) is 6.88. The standard InChI is InChI=1S/C32H30O14/c1-31(43)15(35)5-9-17(29(31)41)27(39)23-19(25(9)37)11(33)7-13(45-3)21(23)22-14(46-4)8-12(34)20-24(22)28(40)18-10(26(20)38)6-16(36)32(2,44)30(18)42/h7-8,15-16,29-30,33-36,41-44H,5-6H2,1-4H3. The van der Waals surface area contributed by atoms with Crippen LogP contribution in [0.3, 0.4) is 0 Å². The average molecular weight is 639 g/mol. The molecule has 0 radical (unpaired) electrons. The maximum Gasteiger partial charge on any atom is 0.194 e. The topological polar surface area (TPSA) is 249 Å². The number of phenols is 2. The summed E-state index contributed by atoms with van der Waals surface area (Å²) in [6, 6.07) is 1.93. The number of hydrogen-bond donors (Lipinski definition) is 8. The lowest BCUT2D eigenvalue weighted by Crippen LogP contribution is -2.56. The Bertz CT molecular complexity index is 1740. The summed E-state index contributed by atoms with van der Waals surface area (Å²) in [5.41, 5.74) is -9.58. The van der Waals surface area contributed by atoms with Gasteiger partial charge in [0.2, 0.25) is 0 Å². The first-order chi connectivity index (χ1) is 21.4. The van der Waals surface area contributed by atoms with E-state index in [0.717, 1.165) is 40.2 Å². The molecule has 2 aromatic rings. The molecule has 0 saturated heterocycles. The zero-order chi connectivity index (χ0) is 33.9. The number of carbonyl (C=O) groups excluding carboxylic acids is 4. The number of aliphatic hydroxyl groups is 6. The molecule has 6 rings (SSSR count). The predicted octanol–water partition coefficient (Wildman–Crippen LogP) is -0.114. The molecule has 14 heteroatoms. The van der Waals surface area contributed by atoms with Gasteiger partial charge >= 0.3 is 0 Å². The van der Waals surface area contributed by atoms with Crippen LogP contribution in [0.25, 0.3) is 11.1 Å². The van der Waals surface area contributed by atoms with Gasteiger partial charge in [-0.2, -0.15) is 0 Å². The number of fused-ring (bicyclic) bond motifs is 2. The van der Waals surface area contributed by atoms with Crippen molar-refractivity contribution in [2.24, 2.45) is 0 Å². The SMILES string of the molecule is COc1cc(O)c2c(c1-c1c(OC)cc(O)c3c1C(=O)C1=C(CC(O)C(C)(O)C1O)C3=O)C(=O)C1=C(CC(O)C(C)(O)C1O)C2=O. The lowest BCUT2D eigenvalue weighted by atomic mass is 9.66. The summed E-state index contributed by atoms with van der Waals surface area (Å²) < 4.78 is 10.9. The molecule has 2 aromatic carbocycles. The van der Waals surface area contributed by atoms with E-state index in [-0.39, 0.29) is 33.8 Å². The van der Waals surface area contributed by atoms with Crippen LogP contribution in [0.2, 0.25) is 0 Å². The number of Topliss-reactive ketones (excluding diaryl/α,β-unsaturated/α-hetero) is 4. The van der Waals surface area contributed by atoms with Crippen molar-refractivity contribution in [3.05, 3.63) is 56.7 Å². The summed E-state index contributed by atoms with van der Waals surface area (Å²) in [5.74, 6) is -6.27. The fraction of sp³-hybridized carbons (Fsp3) is 0.375. The number of carbonyl (C=O) groups is 4. The Labute approximate surface area is 260 Å². The molecule has 0 saturated carbocycles. The summed E-state index contributed by atoms with van der Waals surface area (Å²) >= 11 is 0. The van der Waals surface area contributed by atoms with E-state index in [2.05, 4.69) is 0 Å². The van der Waals surface area contributed by atoms with Gasteiger partial charge in [0.15, 0.2) is 23.1 Å². The molecule has 14 nitrogen and oxygen atoms in total. The summed E-state index contributed by atoms with van der Waals surface area (Å²) in [6.07, 6.45) is -8.56. The minimum Gasteiger partial charge on any atom is -0.507 e. The number of ketones is 4. The fourth-order valence-electron chi connectivity index (χ4n) is 6.84. The van der Waals surface area contributed by atoms with E-state index in [1.165, 1.54) is 0 Å². The predicted molar refractivity (Wildman–Crippen MR) is 154 cm³/mol. The molecule has 8 N–H and O–H groups in total. The smallest absolute Gasteiger partial charge is 0.194 e. The minimum absolute atomic E-state index is 0.323. The van der Waals surface area contributed by atoms with E-state index in [9.17, 15) is 60.0 Å². The molecule has 6 unspecified atom stereocenters. The van der Waals surface area contributed by atoms with Crippen molar-refractivity contribution in [1.29, 1.82) is 0 Å². The van der Waals surface area contributed by atoms with Crippen molar-refractivity contribution in [2.45, 2.75) is 62.3 Å². The number of benzene rings is 2. The highest BCUT2D eigenvalue weighted by molar-refractivity contribution is 6.34. The van der Waals surface area contributed by atoms with Crippen LogP contribution < -0.4 is 9.47 Å². The minimum atomic E-state index is -2.27. The quantitative estimate of drug-likeness (QED) is 0.219. The van der Waals surface area contributed by atoms with Gasteiger partial charge in [0.1, 0.15) is 46.4 Å². The number of hydrogen-bond acceptors (Lipinski definition) is 14. The second-order valence-electron chi connectivity index (χ2n) is 12.2. The Balaban J connectivity index is 1.72. The second kappa shape index (κ2) is 10.0. The van der Waals surface area contributed by atoms with Crippen molar-refractivity contribution < 1.29 is 69.5 Å². The molecular formula is C32H30O14. The van der Waals surface area contributed by atoms with E-state index in [4.69, 9.17) is 9.47 Å². The Morgan fingerprint density at radius 1 is 0.587 bits per heavy atom. The average Bonchev–Trinajstić information content (AvgIpc) is 2.99. The molecule has 0 aromatic heterocycles. The zero-order valence-electron chi connectivity index (χ0n) is 24.9. The number of methoxy groups -OCH3 is 2. The van der Waals surface area contributed by atoms with Gasteiger partial charge in [-0.3, -0.25) is 19.2 Å². The molecule has 46 heavy (non-hydrogen) atoms. The van der Waals surface area contributed by atoms with Crippen LogP contribution in [0.5, 0.6) is 23.0 Å². The summed E-state index contributed by atoms with van der Waals surface area (Å²) in [6.45, 7) is 2.14. The third-order valence-electron chi connectivity index (χ3n) is 9.62. The van der Waals surface area contributed by atoms with Gasteiger partial charge in [0, 0.05) is 69.5 Å². The Morgan fingerprint density at radius 3 is 1.22 bits per heavy atom. The molecule has 0 aliphatic heterocycles. The van der Waals surface area contributed by atoms with Gasteiger partial charge in [-0.05, 0) is 13.8 Å². The van der Waals surface area contributed by atoms with Gasteiger partial charge in [-0.25, -0.2) is 0 Å². The molecule has 0 spiro atoms. The maximum absolute atomic E-state index is 14.3. The zero-order valence-corrected chi connectivity index (χ0v) is 24.9. The van der Waals surface area contributed by atoms with E-state index in [1.807, 2.05) is 0 Å². The third kappa shape index (κ3) is 3.85. The Morgan fingerprint density at radius 2 is 0.913 bits per heavy atom. The van der Waals surface area contributed by atoms with Crippen LogP contribution in [-0.4, -0.2) is 114 Å². The first kappa shape index (κ1) is 31.5. The Hall–Kier alpha value is -4.44. The van der Waals surface area contributed by atoms with Gasteiger partial charge in [0.25, 0.3) is 0 Å². The van der Waals surface area contributed by atoms with Crippen LogP contribution in [0, 0.1) is 0 Å². The largest absolute Gasteiger partial charge is 0.507 e. The van der Waals surface area contributed by atoms with E-state index in [0.29, 0.717) is 0 Å². The molecule has 0 heterocycles. The third-order valence-corrected chi connectivity index (χ3v) is 9.62. The van der Waals surface area contributed by atoms with Crippen LogP contribution in [-0.2, 0) is 0 Å². The van der Waals surface area contributed by atoms with Crippen LogP contribution in [0.4, 0.5) is 0 Å². The molecule has 0 fully saturated rings. The molecule has 242 valence electrons. The number of rotatable bonds is 3.